The Bertz CT molecular complexity index is 824. The zero-order valence-electron chi connectivity index (χ0n) is 14.3. The largest absolute Gasteiger partial charge is 0.471 e. The summed E-state index contributed by atoms with van der Waals surface area (Å²) in [5, 5.41) is 7.05. The van der Waals surface area contributed by atoms with Crippen LogP contribution in [0.2, 0.25) is 0 Å². The van der Waals surface area contributed by atoms with Crippen molar-refractivity contribution < 1.29 is 9.53 Å². The molecule has 0 aliphatic rings. The molecule has 1 heterocycles. The second-order valence-electron chi connectivity index (χ2n) is 6.06. The van der Waals surface area contributed by atoms with Gasteiger partial charge in [0.25, 0.3) is 5.91 Å². The molecule has 0 unspecified atom stereocenters. The van der Waals surface area contributed by atoms with Crippen molar-refractivity contribution >= 4 is 11.6 Å². The molecule has 25 heavy (non-hydrogen) atoms. The second kappa shape index (κ2) is 7.66. The van der Waals surface area contributed by atoms with Crippen LogP contribution in [0.25, 0.3) is 0 Å². The molecule has 0 saturated heterocycles. The zero-order chi connectivity index (χ0) is 17.6. The molecule has 0 saturated carbocycles. The van der Waals surface area contributed by atoms with Gasteiger partial charge in [0.2, 0.25) is 0 Å². The first-order chi connectivity index (χ1) is 12.1. The maximum absolute atomic E-state index is 12.2. The molecular formula is C20H21N3O2. The fraction of sp³-hybridized carbons (Fsp3) is 0.200. The highest BCUT2D eigenvalue weighted by Crippen LogP contribution is 2.18. The Hall–Kier alpha value is -3.08. The fourth-order valence-corrected chi connectivity index (χ4v) is 2.36. The van der Waals surface area contributed by atoms with E-state index in [1.165, 1.54) is 5.56 Å². The van der Waals surface area contributed by atoms with Crippen molar-refractivity contribution in [3.8, 4) is 5.75 Å². The highest BCUT2D eigenvalue weighted by molar-refractivity contribution is 6.02. The number of anilines is 1. The fourth-order valence-electron chi connectivity index (χ4n) is 2.36. The molecule has 0 radical (unpaired) electrons. The molecule has 0 bridgehead atoms. The van der Waals surface area contributed by atoms with Crippen LogP contribution in [-0.4, -0.2) is 15.7 Å². The minimum atomic E-state index is -0.244. The van der Waals surface area contributed by atoms with Crippen LogP contribution in [-0.2, 0) is 6.73 Å². The summed E-state index contributed by atoms with van der Waals surface area (Å²) < 4.78 is 7.30. The molecule has 3 rings (SSSR count). The minimum absolute atomic E-state index is 0.244. The summed E-state index contributed by atoms with van der Waals surface area (Å²) in [4.78, 5) is 12.2. The Morgan fingerprint density at radius 2 is 1.80 bits per heavy atom. The molecule has 0 fully saturated rings. The standard InChI is InChI=1S/C20H21N3O2/c1-15(2)16-8-10-18(11-9-16)25-14-23-13-12-19(22-23)20(24)21-17-6-4-3-5-7-17/h3-13,15H,14H2,1-2H3,(H,21,24). The molecular weight excluding hydrogens is 314 g/mol. The van der Waals surface area contributed by atoms with E-state index in [1.807, 2.05) is 42.5 Å². The van der Waals surface area contributed by atoms with E-state index in [4.69, 9.17) is 4.74 Å². The van der Waals surface area contributed by atoms with Crippen molar-refractivity contribution in [2.75, 3.05) is 5.32 Å². The maximum atomic E-state index is 12.2. The Morgan fingerprint density at radius 3 is 2.48 bits per heavy atom. The third-order valence-corrected chi connectivity index (χ3v) is 3.82. The normalized spacial score (nSPS) is 10.7. The van der Waals surface area contributed by atoms with Crippen LogP contribution in [0.1, 0.15) is 35.8 Å². The Labute approximate surface area is 147 Å². The topological polar surface area (TPSA) is 56.1 Å². The summed E-state index contributed by atoms with van der Waals surface area (Å²) >= 11 is 0. The third-order valence-electron chi connectivity index (χ3n) is 3.82. The molecule has 5 nitrogen and oxygen atoms in total. The summed E-state index contributed by atoms with van der Waals surface area (Å²) in [7, 11) is 0. The van der Waals surface area contributed by atoms with Gasteiger partial charge < -0.3 is 10.1 Å². The number of aromatic nitrogens is 2. The van der Waals surface area contributed by atoms with Crippen LogP contribution in [0, 0.1) is 0 Å². The van der Waals surface area contributed by atoms with Crippen LogP contribution in [0.15, 0.2) is 66.9 Å². The summed E-state index contributed by atoms with van der Waals surface area (Å²) in [6.45, 7) is 4.56. The van der Waals surface area contributed by atoms with Gasteiger partial charge in [-0.15, -0.1) is 0 Å². The highest BCUT2D eigenvalue weighted by atomic mass is 16.5. The van der Waals surface area contributed by atoms with Gasteiger partial charge in [0.15, 0.2) is 12.4 Å². The van der Waals surface area contributed by atoms with Crippen LogP contribution in [0.3, 0.4) is 0 Å². The van der Waals surface area contributed by atoms with Gasteiger partial charge >= 0.3 is 0 Å². The molecule has 1 aromatic heterocycles. The maximum Gasteiger partial charge on any atom is 0.276 e. The Balaban J connectivity index is 1.57. The number of ether oxygens (including phenoxy) is 1. The van der Waals surface area contributed by atoms with E-state index in [-0.39, 0.29) is 12.6 Å². The van der Waals surface area contributed by atoms with E-state index in [1.54, 1.807) is 16.9 Å². The average molecular weight is 335 g/mol. The monoisotopic (exact) mass is 335 g/mol. The molecule has 2 aromatic carbocycles. The Morgan fingerprint density at radius 1 is 1.08 bits per heavy atom. The van der Waals surface area contributed by atoms with Crippen molar-refractivity contribution in [1.29, 1.82) is 0 Å². The predicted octanol–water partition coefficient (Wildman–Crippen LogP) is 4.30. The number of carbonyl (C=O) groups excluding carboxylic acids is 1. The molecule has 128 valence electrons. The lowest BCUT2D eigenvalue weighted by Gasteiger charge is -2.09. The van der Waals surface area contributed by atoms with Gasteiger partial charge in [0.1, 0.15) is 5.75 Å². The lowest BCUT2D eigenvalue weighted by Crippen LogP contribution is -2.14. The van der Waals surface area contributed by atoms with Crippen molar-refractivity contribution in [2.24, 2.45) is 0 Å². The third kappa shape index (κ3) is 4.47. The smallest absolute Gasteiger partial charge is 0.276 e. The quantitative estimate of drug-likeness (QED) is 0.731. The number of carbonyl (C=O) groups is 1. The van der Waals surface area contributed by atoms with Gasteiger partial charge in [-0.3, -0.25) is 4.79 Å². The first-order valence-corrected chi connectivity index (χ1v) is 8.24. The molecule has 0 atom stereocenters. The summed E-state index contributed by atoms with van der Waals surface area (Å²) in [5.41, 5.74) is 2.36. The molecule has 0 aliphatic carbocycles. The van der Waals surface area contributed by atoms with E-state index in [0.29, 0.717) is 11.6 Å². The van der Waals surface area contributed by atoms with Crippen LogP contribution < -0.4 is 10.1 Å². The predicted molar refractivity (Wildman–Crippen MR) is 97.8 cm³/mol. The molecule has 0 aliphatic heterocycles. The van der Waals surface area contributed by atoms with Gasteiger partial charge in [0.05, 0.1) is 0 Å². The van der Waals surface area contributed by atoms with Gasteiger partial charge in [0, 0.05) is 11.9 Å². The summed E-state index contributed by atoms with van der Waals surface area (Å²) in [6, 6.07) is 19.0. The Kier molecular flexibility index (Phi) is 5.14. The molecule has 3 aromatic rings. The first-order valence-electron chi connectivity index (χ1n) is 8.24. The number of para-hydroxylation sites is 1. The van der Waals surface area contributed by atoms with Crippen molar-refractivity contribution in [1.82, 2.24) is 9.78 Å². The van der Waals surface area contributed by atoms with E-state index >= 15 is 0 Å². The van der Waals surface area contributed by atoms with E-state index in [9.17, 15) is 4.79 Å². The number of amides is 1. The number of nitrogens with one attached hydrogen (secondary N) is 1. The lowest BCUT2D eigenvalue weighted by atomic mass is 10.0. The van der Waals surface area contributed by atoms with Gasteiger partial charge in [-0.1, -0.05) is 44.2 Å². The summed E-state index contributed by atoms with van der Waals surface area (Å²) in [6.07, 6.45) is 1.72. The number of rotatable bonds is 6. The van der Waals surface area contributed by atoms with E-state index in [0.717, 1.165) is 11.4 Å². The minimum Gasteiger partial charge on any atom is -0.471 e. The van der Waals surface area contributed by atoms with Crippen LogP contribution in [0.5, 0.6) is 5.75 Å². The van der Waals surface area contributed by atoms with E-state index < -0.39 is 0 Å². The first kappa shape index (κ1) is 16.8. The molecule has 0 spiro atoms. The van der Waals surface area contributed by atoms with Gasteiger partial charge in [-0.25, -0.2) is 4.68 Å². The number of benzene rings is 2. The number of hydrogen-bond donors (Lipinski definition) is 1. The molecule has 5 heteroatoms. The van der Waals surface area contributed by atoms with Crippen LogP contribution >= 0.6 is 0 Å². The zero-order valence-corrected chi connectivity index (χ0v) is 14.3. The van der Waals surface area contributed by atoms with Crippen molar-refractivity contribution in [3.63, 3.8) is 0 Å². The average Bonchev–Trinajstić information content (AvgIpc) is 3.10. The highest BCUT2D eigenvalue weighted by Gasteiger charge is 2.10. The van der Waals surface area contributed by atoms with Gasteiger partial charge in [-0.05, 0) is 41.8 Å². The summed E-state index contributed by atoms with van der Waals surface area (Å²) in [5.74, 6) is 1.02. The second-order valence-corrected chi connectivity index (χ2v) is 6.06. The molecule has 1 amide bonds. The molecule has 1 N–H and O–H groups in total. The van der Waals surface area contributed by atoms with Crippen LogP contribution in [0.4, 0.5) is 5.69 Å². The van der Waals surface area contributed by atoms with E-state index in [2.05, 4.69) is 36.4 Å². The lowest BCUT2D eigenvalue weighted by molar-refractivity contribution is 0.102. The SMILES string of the molecule is CC(C)c1ccc(OCn2ccc(C(=O)Nc3ccccc3)n2)cc1. The van der Waals surface area contributed by atoms with Crippen molar-refractivity contribution in [2.45, 2.75) is 26.5 Å². The van der Waals surface area contributed by atoms with Crippen molar-refractivity contribution in [3.05, 3.63) is 78.1 Å². The number of hydrogen-bond acceptors (Lipinski definition) is 3. The van der Waals surface area contributed by atoms with Gasteiger partial charge in [-0.2, -0.15) is 5.10 Å². The number of nitrogens with zero attached hydrogens (tertiary/aromatic N) is 2.